The topological polar surface area (TPSA) is 94.1 Å². The van der Waals surface area contributed by atoms with Gasteiger partial charge in [0, 0.05) is 26.0 Å². The van der Waals surface area contributed by atoms with Crippen molar-refractivity contribution >= 4 is 26.2 Å². The molecule has 0 fully saturated rings. The maximum absolute atomic E-state index is 11.5. The number of hydrogen-bond donors (Lipinski definition) is 2. The molecule has 2 N–H and O–H groups in total. The summed E-state index contributed by atoms with van der Waals surface area (Å²) in [6, 6.07) is -0.184. The second-order valence-corrected chi connectivity index (χ2v) is 5.53. The molecule has 22 heavy (non-hydrogen) atoms. The summed E-state index contributed by atoms with van der Waals surface area (Å²) in [6.07, 6.45) is 0.312. The van der Waals surface area contributed by atoms with Gasteiger partial charge in [0.15, 0.2) is 0 Å². The van der Waals surface area contributed by atoms with E-state index in [9.17, 15) is 9.59 Å². The molecule has 0 aromatic heterocycles. The van der Waals surface area contributed by atoms with Gasteiger partial charge in [0.2, 0.25) is 5.91 Å². The molecule has 0 radical (unpaired) electrons. The fourth-order valence-electron chi connectivity index (χ4n) is 1.54. The Morgan fingerprint density at radius 3 is 2.50 bits per heavy atom. The van der Waals surface area contributed by atoms with Crippen LogP contribution in [0, 0.1) is 0 Å². The standard InChI is InChI=1S/C14H26NO6P/c1-10(15-12(16)4-5-13(17)18)9-21-11(2)8-14(22)20-7-6-19-3/h10-11,22H,4-9H2,1-3H3,(H,15,16)(H,17,18). The first-order valence-electron chi connectivity index (χ1n) is 7.17. The number of methoxy groups -OCH3 is 1. The number of carbonyl (C=O) groups is 2. The molecular weight excluding hydrogens is 309 g/mol. The zero-order chi connectivity index (χ0) is 17.0. The number of carboxylic acid groups (broad SMARTS) is 1. The molecule has 7 nitrogen and oxygen atoms in total. The molecule has 0 bridgehead atoms. The lowest BCUT2D eigenvalue weighted by Crippen LogP contribution is -2.37. The first-order chi connectivity index (χ1) is 10.3. The Hall–Kier alpha value is -1.01. The number of hydrogen-bond acceptors (Lipinski definition) is 5. The zero-order valence-corrected chi connectivity index (χ0v) is 14.4. The van der Waals surface area contributed by atoms with Crippen LogP contribution in [0.15, 0.2) is 0 Å². The van der Waals surface area contributed by atoms with E-state index in [1.54, 1.807) is 14.0 Å². The van der Waals surface area contributed by atoms with E-state index in [1.165, 1.54) is 0 Å². The normalized spacial score (nSPS) is 13.4. The molecule has 0 aromatic rings. The van der Waals surface area contributed by atoms with Crippen LogP contribution in [0.1, 0.15) is 33.1 Å². The van der Waals surface area contributed by atoms with Gasteiger partial charge in [0.1, 0.15) is 0 Å². The van der Waals surface area contributed by atoms with Gasteiger partial charge in [-0.25, -0.2) is 0 Å². The van der Waals surface area contributed by atoms with Crippen LogP contribution in [0.4, 0.5) is 0 Å². The Bertz CT molecular complexity index is 363. The van der Waals surface area contributed by atoms with E-state index >= 15 is 0 Å². The molecule has 0 heterocycles. The Morgan fingerprint density at radius 2 is 1.91 bits per heavy atom. The Balaban J connectivity index is 3.79. The second kappa shape index (κ2) is 12.5. The second-order valence-electron chi connectivity index (χ2n) is 4.97. The Labute approximate surface area is 133 Å². The van der Waals surface area contributed by atoms with Gasteiger partial charge in [-0.2, -0.15) is 0 Å². The van der Waals surface area contributed by atoms with Crippen molar-refractivity contribution in [2.45, 2.75) is 45.3 Å². The van der Waals surface area contributed by atoms with Crippen LogP contribution in [-0.2, 0) is 23.8 Å². The summed E-state index contributed by atoms with van der Waals surface area (Å²) in [4.78, 5) is 21.8. The predicted octanol–water partition coefficient (Wildman–Crippen LogP) is 1.09. The van der Waals surface area contributed by atoms with Crippen LogP contribution in [0.25, 0.3) is 0 Å². The summed E-state index contributed by atoms with van der Waals surface area (Å²) < 4.78 is 15.9. The summed E-state index contributed by atoms with van der Waals surface area (Å²) >= 11 is 0. The maximum atomic E-state index is 11.5. The summed E-state index contributed by atoms with van der Waals surface area (Å²) in [5, 5.41) is 11.2. The van der Waals surface area contributed by atoms with Crippen molar-refractivity contribution in [3.05, 3.63) is 0 Å². The molecule has 0 saturated heterocycles. The minimum absolute atomic E-state index is 0.0262. The molecule has 0 aliphatic heterocycles. The van der Waals surface area contributed by atoms with Crippen LogP contribution < -0.4 is 5.32 Å². The first-order valence-corrected chi connectivity index (χ1v) is 7.67. The molecule has 2 atom stereocenters. The summed E-state index contributed by atoms with van der Waals surface area (Å²) in [5.74, 6) is -1.28. The molecule has 0 spiro atoms. The van der Waals surface area contributed by atoms with Crippen LogP contribution in [0.5, 0.6) is 0 Å². The average molecular weight is 335 g/mol. The van der Waals surface area contributed by atoms with E-state index in [-0.39, 0.29) is 30.9 Å². The average Bonchev–Trinajstić information content (AvgIpc) is 2.43. The first kappa shape index (κ1) is 21.0. The highest BCUT2D eigenvalue weighted by Gasteiger charge is 2.12. The lowest BCUT2D eigenvalue weighted by Gasteiger charge is -2.18. The fraction of sp³-hybridized carbons (Fsp3) is 0.786. The largest absolute Gasteiger partial charge is 0.481 e. The van der Waals surface area contributed by atoms with Gasteiger partial charge < -0.3 is 24.6 Å². The molecule has 8 heteroatoms. The van der Waals surface area contributed by atoms with Gasteiger partial charge in [-0.05, 0) is 13.8 Å². The Kier molecular flexibility index (Phi) is 12.0. The van der Waals surface area contributed by atoms with Gasteiger partial charge in [0.05, 0.1) is 37.8 Å². The highest BCUT2D eigenvalue weighted by molar-refractivity contribution is 7.20. The molecule has 1 amide bonds. The molecule has 0 saturated carbocycles. The fourth-order valence-corrected chi connectivity index (χ4v) is 1.93. The zero-order valence-electron chi connectivity index (χ0n) is 13.4. The van der Waals surface area contributed by atoms with E-state index in [2.05, 4.69) is 14.2 Å². The third kappa shape index (κ3) is 12.7. The summed E-state index contributed by atoms with van der Waals surface area (Å²) in [5.41, 5.74) is 0.683. The number of amides is 1. The number of nitrogens with one attached hydrogen (secondary N) is 1. The van der Waals surface area contributed by atoms with E-state index in [1.807, 2.05) is 6.92 Å². The smallest absolute Gasteiger partial charge is 0.303 e. The van der Waals surface area contributed by atoms with Crippen LogP contribution in [-0.4, -0.2) is 61.5 Å². The minimum atomic E-state index is -0.985. The molecule has 0 rings (SSSR count). The predicted molar refractivity (Wildman–Crippen MR) is 85.7 cm³/mol. The van der Waals surface area contributed by atoms with Gasteiger partial charge in [0.25, 0.3) is 0 Å². The van der Waals surface area contributed by atoms with Crippen molar-refractivity contribution in [3.63, 3.8) is 0 Å². The quantitative estimate of drug-likeness (QED) is 0.386. The van der Waals surface area contributed by atoms with Crippen molar-refractivity contribution in [3.8, 4) is 0 Å². The van der Waals surface area contributed by atoms with Gasteiger partial charge in [-0.3, -0.25) is 9.59 Å². The van der Waals surface area contributed by atoms with E-state index in [0.29, 0.717) is 31.7 Å². The molecule has 0 aliphatic carbocycles. The summed E-state index contributed by atoms with van der Waals surface area (Å²) in [6.45, 7) is 5.04. The van der Waals surface area contributed by atoms with Crippen molar-refractivity contribution < 1.29 is 28.9 Å². The molecule has 0 aromatic carbocycles. The summed E-state index contributed by atoms with van der Waals surface area (Å²) in [7, 11) is 4.98. The number of carboxylic acids is 1. The van der Waals surface area contributed by atoms with Crippen LogP contribution in [0.2, 0.25) is 0 Å². The monoisotopic (exact) mass is 335 g/mol. The third-order valence-corrected chi connectivity index (χ3v) is 2.99. The van der Waals surface area contributed by atoms with Gasteiger partial charge in [-0.15, -0.1) is 0 Å². The van der Waals surface area contributed by atoms with E-state index in [4.69, 9.17) is 19.3 Å². The molecular formula is C14H26NO6P. The molecule has 2 unspecified atom stereocenters. The molecule has 128 valence electrons. The number of ether oxygens (including phenoxy) is 3. The minimum Gasteiger partial charge on any atom is -0.481 e. The van der Waals surface area contributed by atoms with E-state index in [0.717, 1.165) is 0 Å². The van der Waals surface area contributed by atoms with Crippen LogP contribution >= 0.6 is 8.86 Å². The SMILES string of the molecule is COCCOC(=P)CC(C)OCC(C)NC(=O)CCC(=O)O. The Morgan fingerprint density at radius 1 is 1.23 bits per heavy atom. The molecule has 0 aliphatic rings. The number of aliphatic carboxylic acids is 1. The van der Waals surface area contributed by atoms with Crippen molar-refractivity contribution in [1.82, 2.24) is 5.32 Å². The van der Waals surface area contributed by atoms with Crippen molar-refractivity contribution in [2.75, 3.05) is 26.9 Å². The van der Waals surface area contributed by atoms with Gasteiger partial charge in [-0.1, -0.05) is 8.86 Å². The van der Waals surface area contributed by atoms with Crippen molar-refractivity contribution in [2.24, 2.45) is 0 Å². The highest BCUT2D eigenvalue weighted by Crippen LogP contribution is 2.03. The highest BCUT2D eigenvalue weighted by atomic mass is 31.0. The van der Waals surface area contributed by atoms with Gasteiger partial charge >= 0.3 is 5.97 Å². The van der Waals surface area contributed by atoms with E-state index < -0.39 is 5.97 Å². The number of rotatable bonds is 13. The van der Waals surface area contributed by atoms with Crippen molar-refractivity contribution in [1.29, 1.82) is 0 Å². The lowest BCUT2D eigenvalue weighted by atomic mass is 10.2. The van der Waals surface area contributed by atoms with Crippen LogP contribution in [0.3, 0.4) is 0 Å². The number of carbonyl (C=O) groups excluding carboxylic acids is 1. The third-order valence-electron chi connectivity index (χ3n) is 2.64. The maximum Gasteiger partial charge on any atom is 0.303 e. The lowest BCUT2D eigenvalue weighted by molar-refractivity contribution is -0.139.